The summed E-state index contributed by atoms with van der Waals surface area (Å²) >= 11 is 0. The molecule has 3 heterocycles. The minimum atomic E-state index is -0.526. The van der Waals surface area contributed by atoms with Crippen molar-refractivity contribution in [1.82, 2.24) is 14.8 Å². The summed E-state index contributed by atoms with van der Waals surface area (Å²) in [6, 6.07) is 10.8. The zero-order chi connectivity index (χ0) is 22.1. The van der Waals surface area contributed by atoms with Gasteiger partial charge in [-0.3, -0.25) is 9.59 Å². The average molecular weight is 416 g/mol. The van der Waals surface area contributed by atoms with Gasteiger partial charge in [0.25, 0.3) is 11.8 Å². The van der Waals surface area contributed by atoms with E-state index in [9.17, 15) is 9.59 Å². The van der Waals surface area contributed by atoms with Gasteiger partial charge in [-0.25, -0.2) is 4.98 Å². The van der Waals surface area contributed by atoms with Gasteiger partial charge in [-0.2, -0.15) is 15.4 Å². The smallest absolute Gasteiger partial charge is 0.261 e. The van der Waals surface area contributed by atoms with E-state index in [0.29, 0.717) is 23.5 Å². The second-order valence-electron chi connectivity index (χ2n) is 8.09. The molecule has 0 N–H and O–H groups in total. The van der Waals surface area contributed by atoms with Crippen LogP contribution in [-0.4, -0.2) is 65.5 Å². The molecule has 2 atom stereocenters. The quantitative estimate of drug-likeness (QED) is 0.764. The molecule has 8 nitrogen and oxygen atoms in total. The van der Waals surface area contributed by atoms with Crippen LogP contribution in [-0.2, 0) is 4.79 Å². The number of piperazine rings is 1. The number of aryl methyl sites for hydroxylation is 1. The maximum Gasteiger partial charge on any atom is 0.261 e. The molecule has 1 fully saturated rings. The van der Waals surface area contributed by atoms with Crippen LogP contribution in [0.4, 0.5) is 5.82 Å². The number of pyridine rings is 1. The zero-order valence-electron chi connectivity index (χ0n) is 17.8. The van der Waals surface area contributed by atoms with E-state index in [1.54, 1.807) is 36.5 Å². The highest BCUT2D eigenvalue weighted by molar-refractivity contribution is 6.12. The van der Waals surface area contributed by atoms with Crippen LogP contribution in [0.3, 0.4) is 0 Å². The van der Waals surface area contributed by atoms with Crippen molar-refractivity contribution in [1.29, 1.82) is 5.26 Å². The third-order valence-electron chi connectivity index (χ3n) is 5.84. The van der Waals surface area contributed by atoms with Crippen LogP contribution < -0.4 is 5.01 Å². The van der Waals surface area contributed by atoms with Crippen molar-refractivity contribution in [2.24, 2.45) is 5.10 Å². The van der Waals surface area contributed by atoms with Crippen LogP contribution in [0.25, 0.3) is 0 Å². The lowest BCUT2D eigenvalue weighted by atomic mass is 9.94. The fourth-order valence-electron chi connectivity index (χ4n) is 4.11. The molecule has 158 valence electrons. The molecule has 0 aliphatic carbocycles. The maximum atomic E-state index is 13.0. The van der Waals surface area contributed by atoms with E-state index in [4.69, 9.17) is 5.26 Å². The van der Waals surface area contributed by atoms with E-state index < -0.39 is 5.92 Å². The van der Waals surface area contributed by atoms with Gasteiger partial charge in [0, 0.05) is 38.1 Å². The first kappa shape index (κ1) is 20.7. The number of likely N-dealkylation sites (N-methyl/N-ethyl adjacent to an activating group) is 1. The highest BCUT2D eigenvalue weighted by atomic mass is 16.2. The molecule has 2 aromatic rings. The van der Waals surface area contributed by atoms with E-state index in [1.165, 1.54) is 11.2 Å². The van der Waals surface area contributed by atoms with E-state index in [-0.39, 0.29) is 17.9 Å². The maximum absolute atomic E-state index is 13.0. The SMILES string of the molecule is Cc1cc(C#N)ccc1C1C=NN(c2ccc(C(=O)N3CCN(C)CC3C)cn2)C1=O. The van der Waals surface area contributed by atoms with Crippen molar-refractivity contribution < 1.29 is 9.59 Å². The zero-order valence-corrected chi connectivity index (χ0v) is 17.8. The van der Waals surface area contributed by atoms with Crippen LogP contribution in [0.5, 0.6) is 0 Å². The number of amides is 2. The van der Waals surface area contributed by atoms with Crippen molar-refractivity contribution in [2.75, 3.05) is 31.7 Å². The Hall–Kier alpha value is -3.57. The molecule has 1 aromatic carbocycles. The topological polar surface area (TPSA) is 92.9 Å². The van der Waals surface area contributed by atoms with Crippen LogP contribution in [0.15, 0.2) is 41.6 Å². The van der Waals surface area contributed by atoms with Gasteiger partial charge in [-0.05, 0) is 56.3 Å². The number of anilines is 1. The molecule has 0 radical (unpaired) electrons. The van der Waals surface area contributed by atoms with Gasteiger partial charge in [0.05, 0.1) is 17.2 Å². The Balaban J connectivity index is 1.49. The number of carbonyl (C=O) groups is 2. The number of carbonyl (C=O) groups excluding carboxylic acids is 2. The largest absolute Gasteiger partial charge is 0.333 e. The van der Waals surface area contributed by atoms with Crippen molar-refractivity contribution >= 4 is 23.8 Å². The van der Waals surface area contributed by atoms with Crippen LogP contribution >= 0.6 is 0 Å². The monoisotopic (exact) mass is 416 g/mol. The minimum absolute atomic E-state index is 0.0537. The van der Waals surface area contributed by atoms with Crippen molar-refractivity contribution in [3.05, 3.63) is 58.8 Å². The Bertz CT molecular complexity index is 1090. The number of hydrazone groups is 1. The number of aromatic nitrogens is 1. The summed E-state index contributed by atoms with van der Waals surface area (Å²) in [7, 11) is 2.05. The summed E-state index contributed by atoms with van der Waals surface area (Å²) in [5, 5.41) is 14.5. The summed E-state index contributed by atoms with van der Waals surface area (Å²) in [5.41, 5.74) is 2.72. The van der Waals surface area contributed by atoms with Crippen molar-refractivity contribution in [3.8, 4) is 6.07 Å². The first-order valence-electron chi connectivity index (χ1n) is 10.2. The molecule has 2 aliphatic heterocycles. The lowest BCUT2D eigenvalue weighted by molar-refractivity contribution is -0.118. The predicted octanol–water partition coefficient (Wildman–Crippen LogP) is 2.15. The summed E-state index contributed by atoms with van der Waals surface area (Å²) in [4.78, 5) is 34.2. The molecule has 8 heteroatoms. The predicted molar refractivity (Wildman–Crippen MR) is 117 cm³/mol. The number of nitrogens with zero attached hydrogens (tertiary/aromatic N) is 6. The van der Waals surface area contributed by atoms with Gasteiger partial charge in [0.2, 0.25) is 0 Å². The number of nitriles is 1. The fraction of sp³-hybridized carbons (Fsp3) is 0.348. The van der Waals surface area contributed by atoms with Gasteiger partial charge in [-0.1, -0.05) is 6.07 Å². The van der Waals surface area contributed by atoms with E-state index in [0.717, 1.165) is 24.2 Å². The van der Waals surface area contributed by atoms with Gasteiger partial charge in [-0.15, -0.1) is 0 Å². The summed E-state index contributed by atoms with van der Waals surface area (Å²) in [6.45, 7) is 6.27. The molecule has 0 bridgehead atoms. The molecular formula is C23H24N6O2. The van der Waals surface area contributed by atoms with Crippen LogP contribution in [0.1, 0.15) is 39.9 Å². The Morgan fingerprint density at radius 3 is 2.68 bits per heavy atom. The molecule has 1 aromatic heterocycles. The second kappa shape index (κ2) is 8.28. The molecular weight excluding hydrogens is 392 g/mol. The second-order valence-corrected chi connectivity index (χ2v) is 8.09. The van der Waals surface area contributed by atoms with Gasteiger partial charge in [0.15, 0.2) is 5.82 Å². The lowest BCUT2D eigenvalue weighted by Crippen LogP contribution is -2.52. The summed E-state index contributed by atoms with van der Waals surface area (Å²) < 4.78 is 0. The Morgan fingerprint density at radius 2 is 2.03 bits per heavy atom. The van der Waals surface area contributed by atoms with E-state index >= 15 is 0 Å². The van der Waals surface area contributed by atoms with E-state index in [2.05, 4.69) is 28.1 Å². The molecule has 0 spiro atoms. The van der Waals surface area contributed by atoms with Crippen LogP contribution in [0.2, 0.25) is 0 Å². The number of benzene rings is 1. The van der Waals surface area contributed by atoms with E-state index in [1.807, 2.05) is 18.7 Å². The number of hydrogen-bond acceptors (Lipinski definition) is 6. The highest BCUT2D eigenvalue weighted by Gasteiger charge is 2.33. The number of hydrogen-bond donors (Lipinski definition) is 0. The average Bonchev–Trinajstić information content (AvgIpc) is 3.14. The first-order valence-corrected chi connectivity index (χ1v) is 10.2. The highest BCUT2D eigenvalue weighted by Crippen LogP contribution is 2.28. The van der Waals surface area contributed by atoms with Gasteiger partial charge in [0.1, 0.15) is 5.92 Å². The molecule has 1 saturated heterocycles. The van der Waals surface area contributed by atoms with Crippen molar-refractivity contribution in [2.45, 2.75) is 25.8 Å². The third-order valence-corrected chi connectivity index (χ3v) is 5.84. The van der Waals surface area contributed by atoms with Gasteiger partial charge >= 0.3 is 0 Å². The molecule has 4 rings (SSSR count). The molecule has 0 saturated carbocycles. The van der Waals surface area contributed by atoms with Crippen molar-refractivity contribution in [3.63, 3.8) is 0 Å². The van der Waals surface area contributed by atoms with Crippen LogP contribution in [0, 0.1) is 18.3 Å². The molecule has 31 heavy (non-hydrogen) atoms. The Morgan fingerprint density at radius 1 is 1.23 bits per heavy atom. The molecule has 2 amide bonds. The molecule has 2 unspecified atom stereocenters. The minimum Gasteiger partial charge on any atom is -0.333 e. The fourth-order valence-corrected chi connectivity index (χ4v) is 4.11. The first-order chi connectivity index (χ1) is 14.9. The number of rotatable bonds is 3. The summed E-state index contributed by atoms with van der Waals surface area (Å²) in [6.07, 6.45) is 3.09. The normalized spacial score (nSPS) is 21.4. The standard InChI is InChI=1S/C23H24N6O2/c1-15-10-17(11-24)4-6-19(15)20-13-26-29(23(20)31)21-7-5-18(12-25-21)22(30)28-9-8-27(3)14-16(28)2/h4-7,10,12-13,16,20H,8-9,14H2,1-3H3. The molecule has 2 aliphatic rings. The Kier molecular flexibility index (Phi) is 5.53. The third kappa shape index (κ3) is 3.92. The Labute approximate surface area is 181 Å². The summed E-state index contributed by atoms with van der Waals surface area (Å²) in [5.74, 6) is -0.422. The lowest BCUT2D eigenvalue weighted by Gasteiger charge is -2.38. The van der Waals surface area contributed by atoms with Gasteiger partial charge < -0.3 is 9.80 Å².